The number of hydrogen-bond acceptors (Lipinski definition) is 5. The molecule has 1 aliphatic carbocycles. The van der Waals surface area contributed by atoms with Crippen molar-refractivity contribution in [3.63, 3.8) is 0 Å². The van der Waals surface area contributed by atoms with Gasteiger partial charge in [0.05, 0.1) is 11.8 Å². The molecule has 132 valence electrons. The molecule has 0 saturated heterocycles. The fourth-order valence-electron chi connectivity index (χ4n) is 4.00. The number of anilines is 1. The molecule has 6 heteroatoms. The van der Waals surface area contributed by atoms with Crippen LogP contribution in [0.25, 0.3) is 28.1 Å². The summed E-state index contributed by atoms with van der Waals surface area (Å²) in [4.78, 5) is 7.29. The summed E-state index contributed by atoms with van der Waals surface area (Å²) in [6, 6.07) is 12.4. The first kappa shape index (κ1) is 15.4. The highest BCUT2D eigenvalue weighted by atomic mass is 16.3. The van der Waals surface area contributed by atoms with Gasteiger partial charge in [0, 0.05) is 18.5 Å². The summed E-state index contributed by atoms with van der Waals surface area (Å²) in [6.07, 6.45) is 7.94. The molecular weight excluding hydrogens is 326 g/mol. The molecule has 26 heavy (non-hydrogen) atoms. The van der Waals surface area contributed by atoms with Gasteiger partial charge in [0.25, 0.3) is 0 Å². The summed E-state index contributed by atoms with van der Waals surface area (Å²) in [6.45, 7) is 0. The third kappa shape index (κ3) is 2.36. The van der Waals surface area contributed by atoms with E-state index in [1.54, 1.807) is 6.26 Å². The fourth-order valence-corrected chi connectivity index (χ4v) is 4.00. The second-order valence-electron chi connectivity index (χ2n) is 6.99. The molecule has 0 spiro atoms. The van der Waals surface area contributed by atoms with Crippen LogP contribution >= 0.6 is 0 Å². The molecule has 0 bridgehead atoms. The molecule has 1 aliphatic rings. The third-order valence-electron chi connectivity index (χ3n) is 5.41. The predicted octanol–water partition coefficient (Wildman–Crippen LogP) is 4.31. The smallest absolute Gasteiger partial charge is 0.213 e. The summed E-state index contributed by atoms with van der Waals surface area (Å²) in [5, 5.41) is 9.90. The monoisotopic (exact) mass is 347 g/mol. The van der Waals surface area contributed by atoms with Crippen LogP contribution in [-0.2, 0) is 0 Å². The Hall–Kier alpha value is -2.89. The van der Waals surface area contributed by atoms with Crippen molar-refractivity contribution in [2.24, 2.45) is 0 Å². The van der Waals surface area contributed by atoms with Crippen LogP contribution in [-0.4, -0.2) is 32.7 Å². The van der Waals surface area contributed by atoms with Crippen LogP contribution in [0.4, 0.5) is 5.95 Å². The Bertz CT molecular complexity index is 1050. The minimum Gasteiger partial charge on any atom is -0.461 e. The summed E-state index contributed by atoms with van der Waals surface area (Å²) in [5.74, 6) is 2.27. The lowest BCUT2D eigenvalue weighted by molar-refractivity contribution is 0.423. The maximum Gasteiger partial charge on any atom is 0.213 e. The zero-order valence-corrected chi connectivity index (χ0v) is 14.8. The Kier molecular flexibility index (Phi) is 3.62. The molecule has 5 rings (SSSR count). The molecule has 1 aromatic carbocycles. The molecule has 3 aromatic heterocycles. The molecule has 4 aromatic rings. The van der Waals surface area contributed by atoms with Crippen LogP contribution in [0.1, 0.15) is 32.1 Å². The second kappa shape index (κ2) is 6.12. The molecule has 0 radical (unpaired) electrons. The first-order valence-corrected chi connectivity index (χ1v) is 9.23. The maximum atomic E-state index is 5.61. The zero-order chi connectivity index (χ0) is 17.5. The lowest BCUT2D eigenvalue weighted by atomic mass is 9.95. The second-order valence-corrected chi connectivity index (χ2v) is 6.99. The standard InChI is InChI=1S/C20H21N5O/c1-24(14-8-3-2-4-9-14)20-21-16-11-6-5-10-15(16)18-22-23-19(25(18)20)17-12-7-13-26-17/h5-7,10-14H,2-4,8-9H2,1H3. The molecule has 3 heterocycles. The molecule has 6 nitrogen and oxygen atoms in total. The van der Waals surface area contributed by atoms with E-state index in [1.807, 2.05) is 40.8 Å². The Balaban J connectivity index is 1.77. The first-order valence-electron chi connectivity index (χ1n) is 9.23. The maximum absolute atomic E-state index is 5.61. The van der Waals surface area contributed by atoms with Gasteiger partial charge < -0.3 is 9.32 Å². The van der Waals surface area contributed by atoms with Gasteiger partial charge in [-0.1, -0.05) is 31.4 Å². The van der Waals surface area contributed by atoms with Crippen LogP contribution in [0.2, 0.25) is 0 Å². The van der Waals surface area contributed by atoms with E-state index in [0.29, 0.717) is 17.6 Å². The number of hydrogen-bond donors (Lipinski definition) is 0. The van der Waals surface area contributed by atoms with Crippen molar-refractivity contribution in [1.82, 2.24) is 19.6 Å². The number of para-hydroxylation sites is 1. The van der Waals surface area contributed by atoms with Crippen molar-refractivity contribution in [3.8, 4) is 11.6 Å². The molecule has 0 atom stereocenters. The lowest BCUT2D eigenvalue weighted by Gasteiger charge is -2.32. The van der Waals surface area contributed by atoms with Gasteiger partial charge in [0.1, 0.15) is 0 Å². The van der Waals surface area contributed by atoms with Gasteiger partial charge in [-0.2, -0.15) is 0 Å². The van der Waals surface area contributed by atoms with Gasteiger partial charge in [-0.25, -0.2) is 9.38 Å². The number of fused-ring (bicyclic) bond motifs is 3. The van der Waals surface area contributed by atoms with Crippen LogP contribution in [0, 0.1) is 0 Å². The van der Waals surface area contributed by atoms with E-state index >= 15 is 0 Å². The van der Waals surface area contributed by atoms with Crippen molar-refractivity contribution < 1.29 is 4.42 Å². The van der Waals surface area contributed by atoms with Gasteiger partial charge in [-0.15, -0.1) is 10.2 Å². The van der Waals surface area contributed by atoms with E-state index in [1.165, 1.54) is 32.1 Å². The number of aromatic nitrogens is 4. The van der Waals surface area contributed by atoms with E-state index in [0.717, 1.165) is 22.5 Å². The van der Waals surface area contributed by atoms with E-state index in [4.69, 9.17) is 9.40 Å². The number of benzene rings is 1. The van der Waals surface area contributed by atoms with Crippen LogP contribution in [0.5, 0.6) is 0 Å². The number of furan rings is 1. The van der Waals surface area contributed by atoms with E-state index in [9.17, 15) is 0 Å². The third-order valence-corrected chi connectivity index (χ3v) is 5.41. The average Bonchev–Trinajstić information content (AvgIpc) is 3.37. The molecule has 0 amide bonds. The molecule has 0 aliphatic heterocycles. The predicted molar refractivity (Wildman–Crippen MR) is 101 cm³/mol. The highest BCUT2D eigenvalue weighted by molar-refractivity contribution is 5.93. The highest BCUT2D eigenvalue weighted by Crippen LogP contribution is 2.31. The van der Waals surface area contributed by atoms with E-state index < -0.39 is 0 Å². The van der Waals surface area contributed by atoms with Gasteiger partial charge in [0.15, 0.2) is 11.4 Å². The number of nitrogens with zero attached hydrogens (tertiary/aromatic N) is 5. The quantitative estimate of drug-likeness (QED) is 0.553. The van der Waals surface area contributed by atoms with Gasteiger partial charge in [-0.3, -0.25) is 0 Å². The minimum atomic E-state index is 0.493. The Morgan fingerprint density at radius 1 is 1.04 bits per heavy atom. The normalized spacial score (nSPS) is 15.7. The topological polar surface area (TPSA) is 59.5 Å². The van der Waals surface area contributed by atoms with Crippen LogP contribution in [0.3, 0.4) is 0 Å². The zero-order valence-electron chi connectivity index (χ0n) is 14.8. The summed E-state index contributed by atoms with van der Waals surface area (Å²) in [5.41, 5.74) is 1.76. The molecule has 1 fully saturated rings. The van der Waals surface area contributed by atoms with Gasteiger partial charge in [0.2, 0.25) is 11.8 Å². The molecule has 1 saturated carbocycles. The minimum absolute atomic E-state index is 0.493. The van der Waals surface area contributed by atoms with Gasteiger partial charge in [-0.05, 0) is 37.1 Å². The average molecular weight is 347 g/mol. The largest absolute Gasteiger partial charge is 0.461 e. The first-order chi connectivity index (χ1) is 12.8. The summed E-state index contributed by atoms with van der Waals surface area (Å²) >= 11 is 0. The number of rotatable bonds is 3. The van der Waals surface area contributed by atoms with Crippen molar-refractivity contribution >= 4 is 22.5 Å². The Labute approximate surface area is 151 Å². The van der Waals surface area contributed by atoms with Crippen molar-refractivity contribution in [3.05, 3.63) is 42.7 Å². The van der Waals surface area contributed by atoms with Crippen molar-refractivity contribution in [2.75, 3.05) is 11.9 Å². The molecule has 0 unspecified atom stereocenters. The Morgan fingerprint density at radius 2 is 1.88 bits per heavy atom. The van der Waals surface area contributed by atoms with Crippen molar-refractivity contribution in [1.29, 1.82) is 0 Å². The Morgan fingerprint density at radius 3 is 2.69 bits per heavy atom. The van der Waals surface area contributed by atoms with E-state index in [2.05, 4.69) is 22.1 Å². The fraction of sp³-hybridized carbons (Fsp3) is 0.350. The van der Waals surface area contributed by atoms with Crippen LogP contribution in [0.15, 0.2) is 47.1 Å². The molecular formula is C20H21N5O. The van der Waals surface area contributed by atoms with Crippen LogP contribution < -0.4 is 4.90 Å². The highest BCUT2D eigenvalue weighted by Gasteiger charge is 2.25. The molecule has 0 N–H and O–H groups in total. The summed E-state index contributed by atoms with van der Waals surface area (Å²) in [7, 11) is 2.14. The van der Waals surface area contributed by atoms with Crippen molar-refractivity contribution in [2.45, 2.75) is 38.1 Å². The lowest BCUT2D eigenvalue weighted by Crippen LogP contribution is -2.35. The summed E-state index contributed by atoms with van der Waals surface area (Å²) < 4.78 is 7.65. The SMILES string of the molecule is CN(c1nc2ccccc2c2nnc(-c3ccco3)n12)C1CCCCC1. The van der Waals surface area contributed by atoms with E-state index in [-0.39, 0.29) is 0 Å². The van der Waals surface area contributed by atoms with Gasteiger partial charge >= 0.3 is 0 Å².